The van der Waals surface area contributed by atoms with Gasteiger partial charge in [-0.3, -0.25) is 4.68 Å². The summed E-state index contributed by atoms with van der Waals surface area (Å²) in [5.41, 5.74) is 1.01. The molecule has 0 saturated heterocycles. The largest absolute Gasteiger partial charge is 0.309 e. The third-order valence-electron chi connectivity index (χ3n) is 3.30. The SMILES string of the molecule is CCC(C)N(C)CCn1cc(CNC(C)C)nn1. The van der Waals surface area contributed by atoms with E-state index in [2.05, 4.69) is 55.3 Å². The van der Waals surface area contributed by atoms with Crippen molar-refractivity contribution in [2.45, 2.75) is 59.3 Å². The fourth-order valence-electron chi connectivity index (χ4n) is 1.63. The molecule has 0 aliphatic heterocycles. The molecular formula is C13H27N5. The minimum atomic E-state index is 0.478. The summed E-state index contributed by atoms with van der Waals surface area (Å²) in [5.74, 6) is 0. The highest BCUT2D eigenvalue weighted by atomic mass is 15.4. The van der Waals surface area contributed by atoms with E-state index in [9.17, 15) is 0 Å². The van der Waals surface area contributed by atoms with Crippen molar-refractivity contribution >= 4 is 0 Å². The van der Waals surface area contributed by atoms with Gasteiger partial charge in [0.25, 0.3) is 0 Å². The first-order valence-electron chi connectivity index (χ1n) is 6.85. The molecule has 0 aromatic carbocycles. The van der Waals surface area contributed by atoms with Crippen molar-refractivity contribution in [3.63, 3.8) is 0 Å². The van der Waals surface area contributed by atoms with Crippen LogP contribution < -0.4 is 5.32 Å². The first-order valence-corrected chi connectivity index (χ1v) is 6.85. The predicted octanol–water partition coefficient (Wildman–Crippen LogP) is 1.51. The van der Waals surface area contributed by atoms with Crippen molar-refractivity contribution in [2.75, 3.05) is 13.6 Å². The molecule has 1 aromatic rings. The van der Waals surface area contributed by atoms with Gasteiger partial charge in [0.15, 0.2) is 0 Å². The number of hydrogen-bond acceptors (Lipinski definition) is 4. The molecule has 0 amide bonds. The number of nitrogens with zero attached hydrogens (tertiary/aromatic N) is 4. The van der Waals surface area contributed by atoms with Crippen molar-refractivity contribution in [3.8, 4) is 0 Å². The molecule has 0 spiro atoms. The van der Waals surface area contributed by atoms with Gasteiger partial charge in [0.2, 0.25) is 0 Å². The molecule has 0 aliphatic rings. The molecule has 1 unspecified atom stereocenters. The molecule has 18 heavy (non-hydrogen) atoms. The third kappa shape index (κ3) is 5.14. The average Bonchev–Trinajstić information content (AvgIpc) is 2.80. The van der Waals surface area contributed by atoms with Gasteiger partial charge in [0.1, 0.15) is 0 Å². The van der Waals surface area contributed by atoms with Gasteiger partial charge in [-0.15, -0.1) is 5.10 Å². The second kappa shape index (κ2) is 7.48. The smallest absolute Gasteiger partial charge is 0.0964 e. The zero-order chi connectivity index (χ0) is 13.5. The average molecular weight is 253 g/mol. The van der Waals surface area contributed by atoms with Gasteiger partial charge in [-0.2, -0.15) is 0 Å². The number of aromatic nitrogens is 3. The molecule has 0 bridgehead atoms. The second-order valence-electron chi connectivity index (χ2n) is 5.25. The van der Waals surface area contributed by atoms with Crippen LogP contribution in [-0.4, -0.2) is 45.6 Å². The van der Waals surface area contributed by atoms with E-state index >= 15 is 0 Å². The van der Waals surface area contributed by atoms with Crippen molar-refractivity contribution in [3.05, 3.63) is 11.9 Å². The summed E-state index contributed by atoms with van der Waals surface area (Å²) in [6.07, 6.45) is 3.21. The lowest BCUT2D eigenvalue weighted by molar-refractivity contribution is 0.238. The minimum absolute atomic E-state index is 0.478. The summed E-state index contributed by atoms with van der Waals surface area (Å²) in [5, 5.41) is 11.7. The Morgan fingerprint density at radius 1 is 1.39 bits per heavy atom. The highest BCUT2D eigenvalue weighted by molar-refractivity contribution is 4.91. The van der Waals surface area contributed by atoms with E-state index in [-0.39, 0.29) is 0 Å². The standard InChI is InChI=1S/C13H27N5/c1-6-12(4)17(5)7-8-18-10-13(15-16-18)9-14-11(2)3/h10-12,14H,6-9H2,1-5H3. The Labute approximate surface area is 111 Å². The fraction of sp³-hybridized carbons (Fsp3) is 0.846. The quantitative estimate of drug-likeness (QED) is 0.763. The Morgan fingerprint density at radius 3 is 2.72 bits per heavy atom. The van der Waals surface area contributed by atoms with E-state index in [1.807, 2.05) is 10.9 Å². The second-order valence-corrected chi connectivity index (χ2v) is 5.25. The zero-order valence-electron chi connectivity index (χ0n) is 12.3. The van der Waals surface area contributed by atoms with Gasteiger partial charge in [-0.25, -0.2) is 0 Å². The predicted molar refractivity (Wildman–Crippen MR) is 74.4 cm³/mol. The van der Waals surface area contributed by atoms with Crippen molar-refractivity contribution in [2.24, 2.45) is 0 Å². The van der Waals surface area contributed by atoms with Crippen LogP contribution >= 0.6 is 0 Å². The Morgan fingerprint density at radius 2 is 2.11 bits per heavy atom. The molecule has 0 radical (unpaired) electrons. The topological polar surface area (TPSA) is 46.0 Å². The van der Waals surface area contributed by atoms with Crippen LogP contribution in [0.25, 0.3) is 0 Å². The first-order chi connectivity index (χ1) is 8.52. The van der Waals surface area contributed by atoms with Crippen LogP contribution in [0.3, 0.4) is 0 Å². The van der Waals surface area contributed by atoms with Crippen molar-refractivity contribution < 1.29 is 0 Å². The molecule has 5 nitrogen and oxygen atoms in total. The van der Waals surface area contributed by atoms with E-state index < -0.39 is 0 Å². The third-order valence-corrected chi connectivity index (χ3v) is 3.30. The Hall–Kier alpha value is -0.940. The normalized spacial score (nSPS) is 13.5. The summed E-state index contributed by atoms with van der Waals surface area (Å²) in [6.45, 7) is 11.4. The van der Waals surface area contributed by atoms with Crippen LogP contribution in [0.2, 0.25) is 0 Å². The molecule has 1 atom stereocenters. The Balaban J connectivity index is 2.35. The van der Waals surface area contributed by atoms with Crippen LogP contribution in [0.1, 0.15) is 39.8 Å². The highest BCUT2D eigenvalue weighted by Gasteiger charge is 2.07. The minimum Gasteiger partial charge on any atom is -0.309 e. The maximum atomic E-state index is 4.16. The van der Waals surface area contributed by atoms with E-state index in [0.717, 1.165) is 25.3 Å². The Bertz CT molecular complexity index is 334. The van der Waals surface area contributed by atoms with Gasteiger partial charge in [-0.05, 0) is 20.4 Å². The van der Waals surface area contributed by atoms with Gasteiger partial charge < -0.3 is 10.2 Å². The number of hydrogen-bond donors (Lipinski definition) is 1. The van der Waals surface area contributed by atoms with Crippen LogP contribution in [0.4, 0.5) is 0 Å². The molecule has 1 N–H and O–H groups in total. The summed E-state index contributed by atoms with van der Waals surface area (Å²) in [4.78, 5) is 2.35. The summed E-state index contributed by atoms with van der Waals surface area (Å²) < 4.78 is 1.93. The van der Waals surface area contributed by atoms with Gasteiger partial charge >= 0.3 is 0 Å². The van der Waals surface area contributed by atoms with Gasteiger partial charge in [-0.1, -0.05) is 26.0 Å². The molecule has 0 fully saturated rings. The number of nitrogens with one attached hydrogen (secondary N) is 1. The van der Waals surface area contributed by atoms with Crippen LogP contribution in [-0.2, 0) is 13.1 Å². The lowest BCUT2D eigenvalue weighted by Crippen LogP contribution is -2.31. The summed E-state index contributed by atoms with van der Waals surface area (Å²) in [6, 6.07) is 1.10. The molecule has 0 aliphatic carbocycles. The number of likely N-dealkylation sites (N-methyl/N-ethyl adjacent to an activating group) is 1. The number of rotatable bonds is 8. The summed E-state index contributed by atoms with van der Waals surface area (Å²) >= 11 is 0. The molecule has 5 heteroatoms. The van der Waals surface area contributed by atoms with E-state index in [4.69, 9.17) is 0 Å². The van der Waals surface area contributed by atoms with Crippen LogP contribution in [0.5, 0.6) is 0 Å². The lowest BCUT2D eigenvalue weighted by Gasteiger charge is -2.22. The first kappa shape index (κ1) is 15.1. The van der Waals surface area contributed by atoms with E-state index in [0.29, 0.717) is 12.1 Å². The van der Waals surface area contributed by atoms with E-state index in [1.165, 1.54) is 6.42 Å². The molecule has 1 rings (SSSR count). The molecular weight excluding hydrogens is 226 g/mol. The van der Waals surface area contributed by atoms with Gasteiger partial charge in [0, 0.05) is 31.4 Å². The van der Waals surface area contributed by atoms with Crippen LogP contribution in [0.15, 0.2) is 6.20 Å². The van der Waals surface area contributed by atoms with Crippen LogP contribution in [0, 0.1) is 0 Å². The van der Waals surface area contributed by atoms with Gasteiger partial charge in [0.05, 0.1) is 12.2 Å². The summed E-state index contributed by atoms with van der Waals surface area (Å²) in [7, 11) is 2.16. The van der Waals surface area contributed by atoms with Crippen molar-refractivity contribution in [1.29, 1.82) is 0 Å². The van der Waals surface area contributed by atoms with E-state index in [1.54, 1.807) is 0 Å². The maximum Gasteiger partial charge on any atom is 0.0964 e. The molecule has 104 valence electrons. The molecule has 1 heterocycles. The molecule has 1 aromatic heterocycles. The van der Waals surface area contributed by atoms with Crippen molar-refractivity contribution in [1.82, 2.24) is 25.2 Å². The Kier molecular flexibility index (Phi) is 6.29. The maximum absolute atomic E-state index is 4.16. The molecule has 0 saturated carbocycles. The fourth-order valence-corrected chi connectivity index (χ4v) is 1.63. The zero-order valence-corrected chi connectivity index (χ0v) is 12.3. The lowest BCUT2D eigenvalue weighted by atomic mass is 10.2. The monoisotopic (exact) mass is 253 g/mol. The highest BCUT2D eigenvalue weighted by Crippen LogP contribution is 2.00.